The lowest BCUT2D eigenvalue weighted by Gasteiger charge is -2.20. The van der Waals surface area contributed by atoms with E-state index in [1.165, 1.54) is 18.3 Å². The van der Waals surface area contributed by atoms with Gasteiger partial charge in [-0.3, -0.25) is 14.9 Å². The number of ketones is 1. The number of amides is 1. The minimum absolute atomic E-state index is 0.202. The molecule has 1 atom stereocenters. The Labute approximate surface area is 128 Å². The molecular formula is C12H13BrN2O4S. The average Bonchev–Trinajstić information content (AvgIpc) is 3.02. The first-order chi connectivity index (χ1) is 9.49. The lowest BCUT2D eigenvalue weighted by atomic mass is 10.0. The molecular weight excluding hydrogens is 348 g/mol. The molecule has 0 aromatic carbocycles. The minimum Gasteiger partial charge on any atom is -0.501 e. The summed E-state index contributed by atoms with van der Waals surface area (Å²) in [6, 6.07) is 0. The number of thiazole rings is 1. The van der Waals surface area contributed by atoms with Crippen molar-refractivity contribution in [3.63, 3.8) is 0 Å². The maximum absolute atomic E-state index is 12.1. The molecule has 0 bridgehead atoms. The van der Waals surface area contributed by atoms with Crippen LogP contribution in [0.3, 0.4) is 0 Å². The van der Waals surface area contributed by atoms with Gasteiger partial charge < -0.3 is 9.84 Å². The molecule has 2 rings (SSSR count). The van der Waals surface area contributed by atoms with E-state index in [1.807, 2.05) is 0 Å². The molecule has 1 aromatic heterocycles. The Bertz CT molecular complexity index is 558. The van der Waals surface area contributed by atoms with Crippen LogP contribution in [0.5, 0.6) is 0 Å². The van der Waals surface area contributed by atoms with Crippen molar-refractivity contribution in [2.45, 2.75) is 25.4 Å². The van der Waals surface area contributed by atoms with E-state index in [9.17, 15) is 14.7 Å². The molecule has 0 spiro atoms. The van der Waals surface area contributed by atoms with Gasteiger partial charge in [0.05, 0.1) is 0 Å². The number of aromatic nitrogens is 1. The Morgan fingerprint density at radius 2 is 2.40 bits per heavy atom. The highest BCUT2D eigenvalue weighted by atomic mass is 79.9. The second kappa shape index (κ2) is 5.92. The lowest BCUT2D eigenvalue weighted by molar-refractivity contribution is -0.133. The smallest absolute Gasteiger partial charge is 0.253 e. The van der Waals surface area contributed by atoms with Crippen LogP contribution in [0.1, 0.15) is 24.8 Å². The Morgan fingerprint density at radius 1 is 1.65 bits per heavy atom. The van der Waals surface area contributed by atoms with Crippen LogP contribution in [0.4, 0.5) is 0 Å². The van der Waals surface area contributed by atoms with Crippen LogP contribution in [-0.2, 0) is 19.9 Å². The van der Waals surface area contributed by atoms with Crippen LogP contribution < -0.4 is 5.32 Å². The maximum Gasteiger partial charge on any atom is 0.253 e. The van der Waals surface area contributed by atoms with Crippen molar-refractivity contribution in [3.8, 4) is 0 Å². The number of carbonyl (C=O) groups is 2. The van der Waals surface area contributed by atoms with Crippen molar-refractivity contribution < 1.29 is 19.4 Å². The van der Waals surface area contributed by atoms with E-state index >= 15 is 0 Å². The number of Topliss-reactive ketones (excluding diaryl/α,β-unsaturated/α-hetero) is 1. The summed E-state index contributed by atoms with van der Waals surface area (Å²) in [6.45, 7) is 1.52. The molecule has 2 N–H and O–H groups in total. The molecule has 1 unspecified atom stereocenters. The first kappa shape index (κ1) is 15.0. The zero-order valence-corrected chi connectivity index (χ0v) is 13.1. The van der Waals surface area contributed by atoms with Gasteiger partial charge in [0.25, 0.3) is 5.78 Å². The number of aliphatic hydroxyl groups is 1. The van der Waals surface area contributed by atoms with Gasteiger partial charge in [0.2, 0.25) is 23.2 Å². The summed E-state index contributed by atoms with van der Waals surface area (Å²) in [5, 5.41) is 15.1. The molecule has 0 saturated carbocycles. The standard InChI is InChI=1S/C12H13BrN2O4S/c1-12(11-14-5-6-20-11)9(18)8(17)10(19-12)15-7(16)3-2-4-13/h5-6,17H,2-4H2,1H3,(H,15,16). The van der Waals surface area contributed by atoms with Gasteiger partial charge >= 0.3 is 0 Å². The monoisotopic (exact) mass is 360 g/mol. The first-order valence-corrected chi connectivity index (χ1v) is 7.92. The number of nitrogens with zero attached hydrogens (tertiary/aromatic N) is 1. The molecule has 1 aromatic rings. The molecule has 20 heavy (non-hydrogen) atoms. The van der Waals surface area contributed by atoms with Crippen molar-refractivity contribution >= 4 is 39.0 Å². The van der Waals surface area contributed by atoms with Gasteiger partial charge in [0, 0.05) is 23.3 Å². The van der Waals surface area contributed by atoms with Gasteiger partial charge in [-0.05, 0) is 13.3 Å². The molecule has 0 radical (unpaired) electrons. The van der Waals surface area contributed by atoms with Crippen molar-refractivity contribution in [2.75, 3.05) is 5.33 Å². The number of aliphatic hydroxyl groups excluding tert-OH is 1. The normalized spacial score (nSPS) is 22.0. The summed E-state index contributed by atoms with van der Waals surface area (Å²) in [7, 11) is 0. The highest BCUT2D eigenvalue weighted by molar-refractivity contribution is 9.09. The van der Waals surface area contributed by atoms with E-state index in [0.717, 1.165) is 0 Å². The third-order valence-corrected chi connectivity index (χ3v) is 4.34. The SMILES string of the molecule is CC1(c2nccs2)OC(NC(=O)CCCBr)=C(O)C1=O. The zero-order chi connectivity index (χ0) is 14.8. The predicted octanol–water partition coefficient (Wildman–Crippen LogP) is 1.98. The van der Waals surface area contributed by atoms with E-state index in [2.05, 4.69) is 26.2 Å². The number of nitrogens with one attached hydrogen (secondary N) is 1. The van der Waals surface area contributed by atoms with Crippen LogP contribution in [0.15, 0.2) is 23.2 Å². The van der Waals surface area contributed by atoms with Gasteiger partial charge in [-0.1, -0.05) is 15.9 Å². The summed E-state index contributed by atoms with van der Waals surface area (Å²) in [4.78, 5) is 27.8. The summed E-state index contributed by atoms with van der Waals surface area (Å²) < 4.78 is 5.45. The second-order valence-electron chi connectivity index (χ2n) is 4.32. The Kier molecular flexibility index (Phi) is 4.44. The summed E-state index contributed by atoms with van der Waals surface area (Å²) in [5.41, 5.74) is -1.38. The van der Waals surface area contributed by atoms with Crippen LogP contribution in [0.25, 0.3) is 0 Å². The fourth-order valence-electron chi connectivity index (χ4n) is 1.73. The highest BCUT2D eigenvalue weighted by Crippen LogP contribution is 2.37. The average molecular weight is 361 g/mol. The van der Waals surface area contributed by atoms with E-state index in [-0.39, 0.29) is 18.2 Å². The molecule has 1 aliphatic rings. The summed E-state index contributed by atoms with van der Waals surface area (Å²) >= 11 is 4.47. The van der Waals surface area contributed by atoms with Crippen LogP contribution in [-0.4, -0.2) is 27.1 Å². The number of halogens is 1. The number of rotatable bonds is 5. The molecule has 0 saturated heterocycles. The van der Waals surface area contributed by atoms with Crippen molar-refractivity contribution in [1.29, 1.82) is 0 Å². The molecule has 0 aliphatic carbocycles. The lowest BCUT2D eigenvalue weighted by Crippen LogP contribution is -2.32. The summed E-state index contributed by atoms with van der Waals surface area (Å²) in [5.74, 6) is -1.70. The second-order valence-corrected chi connectivity index (χ2v) is 6.01. The van der Waals surface area contributed by atoms with E-state index in [0.29, 0.717) is 16.8 Å². The zero-order valence-electron chi connectivity index (χ0n) is 10.7. The van der Waals surface area contributed by atoms with Gasteiger partial charge in [-0.2, -0.15) is 0 Å². The Morgan fingerprint density at radius 3 is 3.00 bits per heavy atom. The van der Waals surface area contributed by atoms with Crippen molar-refractivity contribution in [1.82, 2.24) is 10.3 Å². The Hall–Kier alpha value is -1.41. The molecule has 1 amide bonds. The number of carbonyl (C=O) groups excluding carboxylic acids is 2. The van der Waals surface area contributed by atoms with Crippen LogP contribution in [0, 0.1) is 0 Å². The fourth-order valence-corrected chi connectivity index (χ4v) is 2.74. The van der Waals surface area contributed by atoms with Crippen LogP contribution in [0.2, 0.25) is 0 Å². The molecule has 1 aliphatic heterocycles. The van der Waals surface area contributed by atoms with Crippen LogP contribution >= 0.6 is 27.3 Å². The number of alkyl halides is 1. The predicted molar refractivity (Wildman–Crippen MR) is 76.4 cm³/mol. The first-order valence-electron chi connectivity index (χ1n) is 5.92. The quantitative estimate of drug-likeness (QED) is 0.783. The topological polar surface area (TPSA) is 88.5 Å². The summed E-state index contributed by atoms with van der Waals surface area (Å²) in [6.07, 6.45) is 2.47. The third-order valence-electron chi connectivity index (χ3n) is 2.80. The number of ether oxygens (including phenoxy) is 1. The number of hydrogen-bond donors (Lipinski definition) is 2. The number of hydrogen-bond acceptors (Lipinski definition) is 6. The molecule has 108 valence electrons. The minimum atomic E-state index is -1.38. The van der Waals surface area contributed by atoms with Gasteiger partial charge in [0.1, 0.15) is 5.01 Å². The van der Waals surface area contributed by atoms with E-state index < -0.39 is 17.1 Å². The van der Waals surface area contributed by atoms with Crippen molar-refractivity contribution in [2.24, 2.45) is 0 Å². The molecule has 8 heteroatoms. The van der Waals surface area contributed by atoms with Gasteiger partial charge in [-0.15, -0.1) is 11.3 Å². The fraction of sp³-hybridized carbons (Fsp3) is 0.417. The van der Waals surface area contributed by atoms with Gasteiger partial charge in [-0.25, -0.2) is 4.98 Å². The Balaban J connectivity index is 2.13. The third kappa shape index (κ3) is 2.71. The maximum atomic E-state index is 12.1. The highest BCUT2D eigenvalue weighted by Gasteiger charge is 2.50. The molecule has 2 heterocycles. The van der Waals surface area contributed by atoms with E-state index in [1.54, 1.807) is 11.6 Å². The molecule has 0 fully saturated rings. The molecule has 6 nitrogen and oxygen atoms in total. The van der Waals surface area contributed by atoms with Crippen molar-refractivity contribution in [3.05, 3.63) is 28.2 Å². The largest absolute Gasteiger partial charge is 0.501 e. The van der Waals surface area contributed by atoms with E-state index in [4.69, 9.17) is 4.74 Å². The van der Waals surface area contributed by atoms with Gasteiger partial charge in [0.15, 0.2) is 0 Å².